The Kier molecular flexibility index (Phi) is 11.0. The van der Waals surface area contributed by atoms with Gasteiger partial charge in [0.05, 0.1) is 12.6 Å². The minimum atomic E-state index is 0.105. The van der Waals surface area contributed by atoms with Crippen LogP contribution in [0.5, 0.6) is 0 Å². The molecule has 102 valence electrons. The summed E-state index contributed by atoms with van der Waals surface area (Å²) in [6, 6.07) is 0. The number of nitrogens with two attached hydrogens (primary N) is 1. The minimum absolute atomic E-state index is 0.105. The van der Waals surface area contributed by atoms with Crippen molar-refractivity contribution in [3.05, 3.63) is 0 Å². The zero-order chi connectivity index (χ0) is 12.9. The smallest absolute Gasteiger partial charge is 0.205 e. The average molecular weight is 246 g/mol. The molecule has 1 unspecified atom stereocenters. The van der Waals surface area contributed by atoms with Crippen molar-refractivity contribution in [2.75, 3.05) is 32.9 Å². The van der Waals surface area contributed by atoms with Crippen LogP contribution < -0.4 is 16.6 Å². The first kappa shape index (κ1) is 16.1. The zero-order valence-corrected chi connectivity index (χ0v) is 11.2. The molecule has 0 spiro atoms. The highest BCUT2D eigenvalue weighted by molar-refractivity contribution is 5.79. The van der Waals surface area contributed by atoms with Gasteiger partial charge in [-0.1, -0.05) is 0 Å². The van der Waals surface area contributed by atoms with Crippen molar-refractivity contribution in [1.82, 2.24) is 10.7 Å². The molecule has 4 N–H and O–H groups in total. The Morgan fingerprint density at radius 2 is 2.12 bits per heavy atom. The largest absolute Gasteiger partial charge is 0.382 e. The zero-order valence-electron chi connectivity index (χ0n) is 11.2. The monoisotopic (exact) mass is 246 g/mol. The van der Waals surface area contributed by atoms with Crippen LogP contribution >= 0.6 is 0 Å². The molecule has 6 nitrogen and oxygen atoms in total. The molecule has 17 heavy (non-hydrogen) atoms. The van der Waals surface area contributed by atoms with E-state index in [-0.39, 0.29) is 6.10 Å². The van der Waals surface area contributed by atoms with E-state index in [4.69, 9.17) is 15.3 Å². The fourth-order valence-corrected chi connectivity index (χ4v) is 1.23. The lowest BCUT2D eigenvalue weighted by molar-refractivity contribution is 0.0828. The van der Waals surface area contributed by atoms with Gasteiger partial charge in [-0.2, -0.15) is 0 Å². The molecule has 0 radical (unpaired) electrons. The van der Waals surface area contributed by atoms with Crippen LogP contribution in [-0.2, 0) is 9.47 Å². The Morgan fingerprint density at radius 3 is 2.71 bits per heavy atom. The van der Waals surface area contributed by atoms with Gasteiger partial charge in [-0.25, -0.2) is 10.8 Å². The van der Waals surface area contributed by atoms with Gasteiger partial charge >= 0.3 is 0 Å². The second-order valence-corrected chi connectivity index (χ2v) is 3.58. The number of nitrogens with zero attached hydrogens (tertiary/aromatic N) is 1. The average Bonchev–Trinajstić information content (AvgIpc) is 2.33. The van der Waals surface area contributed by atoms with E-state index in [0.717, 1.165) is 26.2 Å². The second-order valence-electron chi connectivity index (χ2n) is 3.58. The summed E-state index contributed by atoms with van der Waals surface area (Å²) in [6.45, 7) is 9.50. The highest BCUT2D eigenvalue weighted by atomic mass is 16.5. The normalized spacial score (nSPS) is 13.5. The van der Waals surface area contributed by atoms with Gasteiger partial charge in [0.15, 0.2) is 0 Å². The van der Waals surface area contributed by atoms with Crippen molar-refractivity contribution in [2.45, 2.75) is 33.3 Å². The molecular formula is C11H26N4O2. The van der Waals surface area contributed by atoms with Gasteiger partial charge in [0.2, 0.25) is 5.96 Å². The van der Waals surface area contributed by atoms with Crippen molar-refractivity contribution in [3.63, 3.8) is 0 Å². The van der Waals surface area contributed by atoms with Crippen molar-refractivity contribution < 1.29 is 9.47 Å². The molecular weight excluding hydrogens is 220 g/mol. The molecule has 0 heterocycles. The van der Waals surface area contributed by atoms with E-state index in [0.29, 0.717) is 19.1 Å². The van der Waals surface area contributed by atoms with Crippen molar-refractivity contribution in [3.8, 4) is 0 Å². The number of aliphatic imine (C=N–C) groups is 1. The fourth-order valence-electron chi connectivity index (χ4n) is 1.23. The topological polar surface area (TPSA) is 80.9 Å². The first-order valence-electron chi connectivity index (χ1n) is 6.18. The highest BCUT2D eigenvalue weighted by Gasteiger charge is 2.00. The standard InChI is InChI=1S/C11H26N4O2/c1-4-16-8-6-7-13-11(15-12)14-9-10(3)17-5-2/h10H,4-9,12H2,1-3H3,(H2,13,14,15). The summed E-state index contributed by atoms with van der Waals surface area (Å²) in [5.41, 5.74) is 2.53. The van der Waals surface area contributed by atoms with E-state index in [1.165, 1.54) is 0 Å². The quantitative estimate of drug-likeness (QED) is 0.179. The fraction of sp³-hybridized carbons (Fsp3) is 0.909. The summed E-state index contributed by atoms with van der Waals surface area (Å²) in [6.07, 6.45) is 1.03. The lowest BCUT2D eigenvalue weighted by atomic mass is 10.4. The number of ether oxygens (including phenoxy) is 2. The molecule has 0 saturated carbocycles. The Balaban J connectivity index is 3.69. The third-order valence-electron chi connectivity index (χ3n) is 2.06. The lowest BCUT2D eigenvalue weighted by Gasteiger charge is -2.12. The van der Waals surface area contributed by atoms with E-state index in [1.807, 2.05) is 20.8 Å². The highest BCUT2D eigenvalue weighted by Crippen LogP contribution is 1.90. The molecule has 0 aromatic rings. The maximum absolute atomic E-state index is 5.37. The molecule has 0 aliphatic carbocycles. The van der Waals surface area contributed by atoms with Gasteiger partial charge in [0.25, 0.3) is 0 Å². The Labute approximate surface area is 104 Å². The van der Waals surface area contributed by atoms with Crippen molar-refractivity contribution in [1.29, 1.82) is 0 Å². The molecule has 0 amide bonds. The predicted molar refractivity (Wildman–Crippen MR) is 69.8 cm³/mol. The van der Waals surface area contributed by atoms with E-state index < -0.39 is 0 Å². The number of rotatable bonds is 9. The van der Waals surface area contributed by atoms with Crippen LogP contribution in [-0.4, -0.2) is 45.0 Å². The maximum Gasteiger partial charge on any atom is 0.205 e. The summed E-state index contributed by atoms with van der Waals surface area (Å²) >= 11 is 0. The van der Waals surface area contributed by atoms with Gasteiger partial charge in [0, 0.05) is 26.4 Å². The van der Waals surface area contributed by atoms with Gasteiger partial charge in [-0.05, 0) is 27.2 Å². The first-order chi connectivity index (χ1) is 8.24. The van der Waals surface area contributed by atoms with Crippen molar-refractivity contribution >= 4 is 5.96 Å². The first-order valence-corrected chi connectivity index (χ1v) is 6.18. The summed E-state index contributed by atoms with van der Waals surface area (Å²) < 4.78 is 10.6. The molecule has 0 saturated heterocycles. The SMILES string of the molecule is CCOCCCNC(=NCC(C)OCC)NN. The second kappa shape index (κ2) is 11.6. The molecule has 0 rings (SSSR count). The van der Waals surface area contributed by atoms with Crippen LogP contribution in [0.25, 0.3) is 0 Å². The predicted octanol–water partition coefficient (Wildman–Crippen LogP) is 0.247. The minimum Gasteiger partial charge on any atom is -0.382 e. The van der Waals surface area contributed by atoms with Gasteiger partial charge in [0.1, 0.15) is 0 Å². The number of hydrazine groups is 1. The van der Waals surface area contributed by atoms with E-state index in [1.54, 1.807) is 0 Å². The van der Waals surface area contributed by atoms with Gasteiger partial charge < -0.3 is 14.8 Å². The summed E-state index contributed by atoms with van der Waals surface area (Å²) in [4.78, 5) is 4.28. The Morgan fingerprint density at radius 1 is 1.35 bits per heavy atom. The number of nitrogens with one attached hydrogen (secondary N) is 2. The lowest BCUT2D eigenvalue weighted by Crippen LogP contribution is -2.42. The van der Waals surface area contributed by atoms with Crippen LogP contribution in [0.3, 0.4) is 0 Å². The molecule has 0 bridgehead atoms. The van der Waals surface area contributed by atoms with Crippen molar-refractivity contribution in [2.24, 2.45) is 10.8 Å². The van der Waals surface area contributed by atoms with Crippen LogP contribution in [0.2, 0.25) is 0 Å². The molecule has 0 aromatic heterocycles. The number of hydrogen-bond acceptors (Lipinski definition) is 4. The summed E-state index contributed by atoms with van der Waals surface area (Å²) in [5, 5.41) is 3.10. The van der Waals surface area contributed by atoms with Gasteiger partial charge in [-0.3, -0.25) is 5.43 Å². The third-order valence-corrected chi connectivity index (χ3v) is 2.06. The van der Waals surface area contributed by atoms with Gasteiger partial charge in [-0.15, -0.1) is 0 Å². The summed E-state index contributed by atoms with van der Waals surface area (Å²) in [7, 11) is 0. The molecule has 6 heteroatoms. The maximum atomic E-state index is 5.37. The Bertz CT molecular complexity index is 200. The number of guanidine groups is 1. The molecule has 1 atom stereocenters. The number of hydrogen-bond donors (Lipinski definition) is 3. The Hall–Kier alpha value is -0.850. The molecule has 0 aliphatic heterocycles. The van der Waals surface area contributed by atoms with Crippen LogP contribution in [0.4, 0.5) is 0 Å². The van der Waals surface area contributed by atoms with Crippen LogP contribution in [0, 0.1) is 0 Å². The molecule has 0 aromatic carbocycles. The van der Waals surface area contributed by atoms with Crippen LogP contribution in [0.1, 0.15) is 27.2 Å². The van der Waals surface area contributed by atoms with E-state index >= 15 is 0 Å². The van der Waals surface area contributed by atoms with E-state index in [9.17, 15) is 0 Å². The van der Waals surface area contributed by atoms with E-state index in [2.05, 4.69) is 15.7 Å². The molecule has 0 aliphatic rings. The third kappa shape index (κ3) is 10.0. The molecule has 0 fully saturated rings. The summed E-state index contributed by atoms with van der Waals surface area (Å²) in [5.74, 6) is 5.95. The van der Waals surface area contributed by atoms with Crippen LogP contribution in [0.15, 0.2) is 4.99 Å².